The van der Waals surface area contributed by atoms with E-state index < -0.39 is 6.10 Å². The van der Waals surface area contributed by atoms with Crippen molar-refractivity contribution < 1.29 is 18.7 Å². The van der Waals surface area contributed by atoms with E-state index in [4.69, 9.17) is 4.74 Å². The van der Waals surface area contributed by atoms with E-state index in [-0.39, 0.29) is 24.2 Å². The number of nitrogens with one attached hydrogen (secondary N) is 1. The van der Waals surface area contributed by atoms with Crippen LogP contribution in [0, 0.1) is 5.82 Å². The molecular formula is C17H15FN2O3. The highest BCUT2D eigenvalue weighted by molar-refractivity contribution is 6.06. The number of rotatable bonds is 3. The van der Waals surface area contributed by atoms with Crippen LogP contribution in [0.25, 0.3) is 0 Å². The van der Waals surface area contributed by atoms with Gasteiger partial charge in [-0.15, -0.1) is 0 Å². The summed E-state index contributed by atoms with van der Waals surface area (Å²) in [6, 6.07) is 12.5. The van der Waals surface area contributed by atoms with Crippen LogP contribution >= 0.6 is 0 Å². The molecule has 0 bridgehead atoms. The van der Waals surface area contributed by atoms with E-state index in [0.29, 0.717) is 17.1 Å². The molecule has 0 saturated carbocycles. The molecule has 0 radical (unpaired) electrons. The van der Waals surface area contributed by atoms with Crippen LogP contribution in [0.3, 0.4) is 0 Å². The summed E-state index contributed by atoms with van der Waals surface area (Å²) in [5.74, 6) is -0.463. The molecule has 1 heterocycles. The van der Waals surface area contributed by atoms with Crippen LogP contribution in [-0.4, -0.2) is 24.5 Å². The van der Waals surface area contributed by atoms with Gasteiger partial charge in [0.25, 0.3) is 5.91 Å². The Hall–Kier alpha value is -2.89. The zero-order chi connectivity index (χ0) is 16.4. The summed E-state index contributed by atoms with van der Waals surface area (Å²) in [5.41, 5.74) is 1.03. The van der Waals surface area contributed by atoms with Crippen LogP contribution in [0.2, 0.25) is 0 Å². The second-order valence-electron chi connectivity index (χ2n) is 5.21. The second kappa shape index (κ2) is 6.08. The van der Waals surface area contributed by atoms with Crippen molar-refractivity contribution in [2.24, 2.45) is 0 Å². The summed E-state index contributed by atoms with van der Waals surface area (Å²) in [6.45, 7) is 1.50. The van der Waals surface area contributed by atoms with Gasteiger partial charge in [-0.3, -0.25) is 14.5 Å². The van der Waals surface area contributed by atoms with Crippen molar-refractivity contribution >= 4 is 23.2 Å². The summed E-state index contributed by atoms with van der Waals surface area (Å²) < 4.78 is 18.4. The van der Waals surface area contributed by atoms with Crippen LogP contribution in [0.4, 0.5) is 15.8 Å². The highest BCUT2D eigenvalue weighted by Crippen LogP contribution is 2.33. The van der Waals surface area contributed by atoms with Crippen molar-refractivity contribution in [3.63, 3.8) is 0 Å². The second-order valence-corrected chi connectivity index (χ2v) is 5.21. The number of fused-ring (bicyclic) bond motifs is 1. The van der Waals surface area contributed by atoms with Gasteiger partial charge in [0, 0.05) is 5.69 Å². The van der Waals surface area contributed by atoms with E-state index in [1.807, 2.05) is 0 Å². The number of carbonyl (C=O) groups is 2. The molecule has 0 saturated heterocycles. The lowest BCUT2D eigenvalue weighted by Gasteiger charge is -2.32. The molecule has 1 N–H and O–H groups in total. The predicted octanol–water partition coefficient (Wildman–Crippen LogP) is 2.58. The fourth-order valence-electron chi connectivity index (χ4n) is 2.40. The fraction of sp³-hybridized carbons (Fsp3) is 0.176. The average molecular weight is 314 g/mol. The van der Waals surface area contributed by atoms with Crippen LogP contribution < -0.4 is 15.0 Å². The molecule has 118 valence electrons. The zero-order valence-electron chi connectivity index (χ0n) is 12.5. The summed E-state index contributed by atoms with van der Waals surface area (Å²) in [4.78, 5) is 25.9. The van der Waals surface area contributed by atoms with Crippen molar-refractivity contribution in [2.45, 2.75) is 13.0 Å². The maximum absolute atomic E-state index is 12.9. The van der Waals surface area contributed by atoms with Gasteiger partial charge in [-0.1, -0.05) is 12.1 Å². The first-order chi connectivity index (χ1) is 11.0. The third kappa shape index (κ3) is 3.15. The van der Waals surface area contributed by atoms with Gasteiger partial charge in [-0.2, -0.15) is 0 Å². The molecule has 2 amide bonds. The first kappa shape index (κ1) is 15.0. The molecule has 0 unspecified atom stereocenters. The Balaban J connectivity index is 1.77. The summed E-state index contributed by atoms with van der Waals surface area (Å²) in [6.07, 6.45) is -0.650. The Morgan fingerprint density at radius 3 is 2.65 bits per heavy atom. The van der Waals surface area contributed by atoms with Gasteiger partial charge in [-0.25, -0.2) is 4.39 Å². The number of nitrogens with zero attached hydrogens (tertiary/aromatic N) is 1. The normalized spacial score (nSPS) is 16.5. The van der Waals surface area contributed by atoms with E-state index in [9.17, 15) is 14.0 Å². The smallest absolute Gasteiger partial charge is 0.268 e. The quantitative estimate of drug-likeness (QED) is 0.947. The number of para-hydroxylation sites is 2. The van der Waals surface area contributed by atoms with E-state index in [0.717, 1.165) is 0 Å². The van der Waals surface area contributed by atoms with Gasteiger partial charge in [0.1, 0.15) is 18.1 Å². The molecule has 1 aliphatic rings. The first-order valence-electron chi connectivity index (χ1n) is 7.17. The number of ether oxygens (including phenoxy) is 1. The lowest BCUT2D eigenvalue weighted by Crippen LogP contribution is -2.47. The number of anilines is 2. The van der Waals surface area contributed by atoms with Crippen molar-refractivity contribution in [1.82, 2.24) is 0 Å². The van der Waals surface area contributed by atoms with Gasteiger partial charge < -0.3 is 10.1 Å². The van der Waals surface area contributed by atoms with Crippen LogP contribution in [0.5, 0.6) is 5.75 Å². The standard InChI is InChI=1S/C17H15FN2O3/c1-11-17(22)20(14-4-2-3-5-15(14)23-11)10-16(21)19-13-8-6-12(18)7-9-13/h2-9,11H,10H2,1H3,(H,19,21)/t11-/m0/s1. The third-order valence-corrected chi connectivity index (χ3v) is 3.50. The zero-order valence-corrected chi connectivity index (χ0v) is 12.5. The van der Waals surface area contributed by atoms with Crippen LogP contribution in [-0.2, 0) is 9.59 Å². The number of amides is 2. The predicted molar refractivity (Wildman–Crippen MR) is 83.9 cm³/mol. The maximum atomic E-state index is 12.9. The Morgan fingerprint density at radius 1 is 1.22 bits per heavy atom. The number of carbonyl (C=O) groups excluding carboxylic acids is 2. The molecule has 2 aromatic carbocycles. The minimum absolute atomic E-state index is 0.138. The SMILES string of the molecule is C[C@@H]1Oc2ccccc2N(CC(=O)Nc2ccc(F)cc2)C1=O. The number of hydrogen-bond acceptors (Lipinski definition) is 3. The van der Waals surface area contributed by atoms with Crippen molar-refractivity contribution in [3.05, 3.63) is 54.3 Å². The molecule has 1 atom stereocenters. The highest BCUT2D eigenvalue weighted by atomic mass is 19.1. The molecule has 0 fully saturated rings. The molecule has 0 spiro atoms. The summed E-state index contributed by atoms with van der Waals surface area (Å²) in [5, 5.41) is 2.64. The number of benzene rings is 2. The topological polar surface area (TPSA) is 58.6 Å². The van der Waals surface area contributed by atoms with Gasteiger partial charge in [0.2, 0.25) is 5.91 Å². The summed E-state index contributed by atoms with van der Waals surface area (Å²) >= 11 is 0. The van der Waals surface area contributed by atoms with Gasteiger partial charge in [0.15, 0.2) is 6.10 Å². The number of halogens is 1. The lowest BCUT2D eigenvalue weighted by atomic mass is 10.2. The lowest BCUT2D eigenvalue weighted by molar-refractivity contribution is -0.127. The van der Waals surface area contributed by atoms with E-state index >= 15 is 0 Å². The molecule has 2 aromatic rings. The molecule has 1 aliphatic heterocycles. The van der Waals surface area contributed by atoms with E-state index in [1.165, 1.54) is 29.2 Å². The Morgan fingerprint density at radius 2 is 1.91 bits per heavy atom. The first-order valence-corrected chi connectivity index (χ1v) is 7.17. The largest absolute Gasteiger partial charge is 0.479 e. The monoisotopic (exact) mass is 314 g/mol. The van der Waals surface area contributed by atoms with Gasteiger partial charge >= 0.3 is 0 Å². The molecule has 6 heteroatoms. The third-order valence-electron chi connectivity index (χ3n) is 3.50. The van der Waals surface area contributed by atoms with Crippen LogP contribution in [0.1, 0.15) is 6.92 Å². The molecule has 0 aromatic heterocycles. The fourth-order valence-corrected chi connectivity index (χ4v) is 2.40. The van der Waals surface area contributed by atoms with Crippen molar-refractivity contribution in [3.8, 4) is 5.75 Å². The van der Waals surface area contributed by atoms with Crippen molar-refractivity contribution in [1.29, 1.82) is 0 Å². The minimum Gasteiger partial charge on any atom is -0.479 e. The molecular weight excluding hydrogens is 299 g/mol. The highest BCUT2D eigenvalue weighted by Gasteiger charge is 2.32. The Labute approximate surface area is 132 Å². The molecule has 23 heavy (non-hydrogen) atoms. The number of hydrogen-bond donors (Lipinski definition) is 1. The molecule has 3 rings (SSSR count). The van der Waals surface area contributed by atoms with Crippen molar-refractivity contribution in [2.75, 3.05) is 16.8 Å². The maximum Gasteiger partial charge on any atom is 0.268 e. The van der Waals surface area contributed by atoms with Crippen LogP contribution in [0.15, 0.2) is 48.5 Å². The van der Waals surface area contributed by atoms with Gasteiger partial charge in [-0.05, 0) is 43.3 Å². The van der Waals surface area contributed by atoms with E-state index in [2.05, 4.69) is 5.32 Å². The Bertz CT molecular complexity index is 746. The Kier molecular flexibility index (Phi) is 3.97. The summed E-state index contributed by atoms with van der Waals surface area (Å²) in [7, 11) is 0. The van der Waals surface area contributed by atoms with E-state index in [1.54, 1.807) is 31.2 Å². The molecule has 0 aliphatic carbocycles. The molecule has 5 nitrogen and oxygen atoms in total. The average Bonchev–Trinajstić information content (AvgIpc) is 2.54. The minimum atomic E-state index is -0.650. The van der Waals surface area contributed by atoms with Gasteiger partial charge in [0.05, 0.1) is 5.69 Å².